The van der Waals surface area contributed by atoms with Crippen molar-refractivity contribution < 1.29 is 0 Å². The molecule has 0 aliphatic carbocycles. The number of nitriles is 1. The number of nitrogens with two attached hydrogens (primary N) is 1. The molecule has 0 aromatic carbocycles. The van der Waals surface area contributed by atoms with Gasteiger partial charge < -0.3 is 5.73 Å². The Morgan fingerprint density at radius 3 is 2.78 bits per heavy atom. The maximum Gasteiger partial charge on any atom is 0.0962 e. The van der Waals surface area contributed by atoms with Crippen molar-refractivity contribution in [1.29, 1.82) is 5.26 Å². The van der Waals surface area contributed by atoms with Crippen LogP contribution < -0.4 is 5.73 Å². The first-order valence-corrected chi connectivity index (χ1v) is 3.16. The fraction of sp³-hybridized carbons (Fsp3) is 0.571. The summed E-state index contributed by atoms with van der Waals surface area (Å²) in [6.45, 7) is 2.09. The Bertz CT molecular complexity index is 130. The highest BCUT2D eigenvalue weighted by molar-refractivity contribution is 5.18. The predicted octanol–water partition coefficient (Wildman–Crippen LogP) is 1.54. The van der Waals surface area contributed by atoms with E-state index in [0.717, 1.165) is 19.3 Å². The summed E-state index contributed by atoms with van der Waals surface area (Å²) >= 11 is 0. The van der Waals surface area contributed by atoms with Crippen LogP contribution in [0.15, 0.2) is 11.8 Å². The van der Waals surface area contributed by atoms with Gasteiger partial charge in [-0.3, -0.25) is 0 Å². The third-order valence-corrected chi connectivity index (χ3v) is 1.14. The summed E-state index contributed by atoms with van der Waals surface area (Å²) in [6.07, 6.45) is 4.37. The third-order valence-electron chi connectivity index (χ3n) is 1.14. The first-order chi connectivity index (χ1) is 4.35. The summed E-state index contributed by atoms with van der Waals surface area (Å²) < 4.78 is 0. The van der Waals surface area contributed by atoms with Crippen LogP contribution in [0.1, 0.15) is 26.2 Å². The Balaban J connectivity index is 3.49. The predicted molar refractivity (Wildman–Crippen MR) is 37.4 cm³/mol. The molecule has 0 aromatic rings. The zero-order chi connectivity index (χ0) is 7.11. The van der Waals surface area contributed by atoms with Gasteiger partial charge in [-0.2, -0.15) is 5.26 Å². The van der Waals surface area contributed by atoms with Gasteiger partial charge in [-0.05, 0) is 12.8 Å². The van der Waals surface area contributed by atoms with E-state index < -0.39 is 0 Å². The number of allylic oxidation sites excluding steroid dienone is 1. The average Bonchev–Trinajstić information content (AvgIpc) is 1.91. The molecular weight excluding hydrogens is 112 g/mol. The van der Waals surface area contributed by atoms with Gasteiger partial charge >= 0.3 is 0 Å². The van der Waals surface area contributed by atoms with Crippen molar-refractivity contribution in [1.82, 2.24) is 0 Å². The number of nitrogens with zero attached hydrogens (tertiary/aromatic N) is 1. The smallest absolute Gasteiger partial charge is 0.0962 e. The maximum atomic E-state index is 8.35. The lowest BCUT2D eigenvalue weighted by Gasteiger charge is -1.91. The second-order valence-corrected chi connectivity index (χ2v) is 1.91. The molecule has 2 nitrogen and oxygen atoms in total. The molecule has 0 fully saturated rings. The summed E-state index contributed by atoms with van der Waals surface area (Å²) in [5.41, 5.74) is 5.83. The topological polar surface area (TPSA) is 49.8 Å². The van der Waals surface area contributed by atoms with Crippen molar-refractivity contribution in [2.24, 2.45) is 5.73 Å². The van der Waals surface area contributed by atoms with Gasteiger partial charge in [-0.25, -0.2) is 0 Å². The van der Waals surface area contributed by atoms with Crippen LogP contribution in [0.3, 0.4) is 0 Å². The molecule has 0 aliphatic rings. The average molecular weight is 124 g/mol. The van der Waals surface area contributed by atoms with Crippen molar-refractivity contribution in [2.45, 2.75) is 26.2 Å². The summed E-state index contributed by atoms with van der Waals surface area (Å²) in [4.78, 5) is 0. The molecule has 0 spiro atoms. The molecule has 0 amide bonds. The lowest BCUT2D eigenvalue weighted by atomic mass is 10.1. The maximum absolute atomic E-state index is 8.35. The highest BCUT2D eigenvalue weighted by Crippen LogP contribution is 2.03. The second-order valence-electron chi connectivity index (χ2n) is 1.91. The molecule has 0 rings (SSSR count). The number of rotatable bonds is 3. The van der Waals surface area contributed by atoms with Gasteiger partial charge in [0.05, 0.1) is 6.07 Å². The van der Waals surface area contributed by atoms with E-state index in [1.165, 1.54) is 6.20 Å². The van der Waals surface area contributed by atoms with Crippen LogP contribution >= 0.6 is 0 Å². The van der Waals surface area contributed by atoms with E-state index in [-0.39, 0.29) is 0 Å². The third kappa shape index (κ3) is 3.60. The standard InChI is InChI=1S/C7H12N2/c1-2-3-4-7(5-8)6-9/h5H,2-4,8H2,1H3. The van der Waals surface area contributed by atoms with Gasteiger partial charge in [0.2, 0.25) is 0 Å². The van der Waals surface area contributed by atoms with Crippen LogP contribution in [0.25, 0.3) is 0 Å². The lowest BCUT2D eigenvalue weighted by Crippen LogP contribution is -1.85. The quantitative estimate of drug-likeness (QED) is 0.580. The first kappa shape index (κ1) is 8.03. The van der Waals surface area contributed by atoms with E-state index >= 15 is 0 Å². The monoisotopic (exact) mass is 124 g/mol. The van der Waals surface area contributed by atoms with Crippen molar-refractivity contribution in [2.75, 3.05) is 0 Å². The van der Waals surface area contributed by atoms with E-state index in [1.807, 2.05) is 6.07 Å². The normalized spacial score (nSPS) is 10.9. The minimum absolute atomic E-state index is 0.692. The molecule has 50 valence electrons. The zero-order valence-electron chi connectivity index (χ0n) is 5.72. The molecule has 9 heavy (non-hydrogen) atoms. The van der Waals surface area contributed by atoms with Crippen LogP contribution in [0, 0.1) is 11.3 Å². The van der Waals surface area contributed by atoms with Crippen LogP contribution in [0.5, 0.6) is 0 Å². The van der Waals surface area contributed by atoms with Crippen molar-refractivity contribution >= 4 is 0 Å². The van der Waals surface area contributed by atoms with Crippen molar-refractivity contribution in [3.63, 3.8) is 0 Å². The van der Waals surface area contributed by atoms with Gasteiger partial charge in [0.1, 0.15) is 0 Å². The van der Waals surface area contributed by atoms with Crippen molar-refractivity contribution in [3.05, 3.63) is 11.8 Å². The fourth-order valence-corrected chi connectivity index (χ4v) is 0.544. The second kappa shape index (κ2) is 5.17. The fourth-order valence-electron chi connectivity index (χ4n) is 0.544. The van der Waals surface area contributed by atoms with E-state index in [4.69, 9.17) is 11.0 Å². The number of unbranched alkanes of at least 4 members (excludes halogenated alkanes) is 1. The molecule has 0 atom stereocenters. The molecule has 0 saturated carbocycles. The number of hydrogen-bond donors (Lipinski definition) is 1. The van der Waals surface area contributed by atoms with Crippen molar-refractivity contribution in [3.8, 4) is 6.07 Å². The van der Waals surface area contributed by atoms with Gasteiger partial charge in [0.25, 0.3) is 0 Å². The Labute approximate surface area is 56.0 Å². The minimum atomic E-state index is 0.692. The molecule has 0 saturated heterocycles. The summed E-state index contributed by atoms with van der Waals surface area (Å²) in [6, 6.07) is 2.02. The van der Waals surface area contributed by atoms with Crippen LogP contribution in [-0.2, 0) is 0 Å². The van der Waals surface area contributed by atoms with E-state index in [1.54, 1.807) is 0 Å². The number of hydrogen-bond acceptors (Lipinski definition) is 2. The molecular formula is C7H12N2. The summed E-state index contributed by atoms with van der Waals surface area (Å²) in [5.74, 6) is 0. The first-order valence-electron chi connectivity index (χ1n) is 3.16. The molecule has 0 aromatic heterocycles. The Morgan fingerprint density at radius 1 is 1.78 bits per heavy atom. The molecule has 0 aliphatic heterocycles. The summed E-state index contributed by atoms with van der Waals surface area (Å²) in [7, 11) is 0. The molecule has 0 radical (unpaired) electrons. The Hall–Kier alpha value is -0.970. The molecule has 0 heterocycles. The molecule has 0 bridgehead atoms. The molecule has 2 heteroatoms. The summed E-state index contributed by atoms with van der Waals surface area (Å²) in [5, 5.41) is 8.35. The minimum Gasteiger partial charge on any atom is -0.404 e. The Morgan fingerprint density at radius 2 is 2.44 bits per heavy atom. The van der Waals surface area contributed by atoms with E-state index in [0.29, 0.717) is 5.57 Å². The van der Waals surface area contributed by atoms with Crippen LogP contribution in [0.4, 0.5) is 0 Å². The SMILES string of the molecule is CCCCC(C#N)=CN. The van der Waals surface area contributed by atoms with E-state index in [9.17, 15) is 0 Å². The van der Waals surface area contributed by atoms with E-state index in [2.05, 4.69) is 6.92 Å². The van der Waals surface area contributed by atoms with Crippen LogP contribution in [0.2, 0.25) is 0 Å². The van der Waals surface area contributed by atoms with Gasteiger partial charge in [0, 0.05) is 11.8 Å². The Kier molecular flexibility index (Phi) is 4.61. The van der Waals surface area contributed by atoms with Gasteiger partial charge in [-0.1, -0.05) is 13.3 Å². The van der Waals surface area contributed by atoms with Gasteiger partial charge in [-0.15, -0.1) is 0 Å². The molecule has 0 unspecified atom stereocenters. The largest absolute Gasteiger partial charge is 0.404 e. The highest BCUT2D eigenvalue weighted by atomic mass is 14.5. The van der Waals surface area contributed by atoms with Gasteiger partial charge in [0.15, 0.2) is 0 Å². The lowest BCUT2D eigenvalue weighted by molar-refractivity contribution is 0.798. The molecule has 2 N–H and O–H groups in total. The zero-order valence-corrected chi connectivity index (χ0v) is 5.72. The highest BCUT2D eigenvalue weighted by Gasteiger charge is 1.90. The van der Waals surface area contributed by atoms with Crippen LogP contribution in [-0.4, -0.2) is 0 Å².